The number of nitrogens with zero attached hydrogens (tertiary/aromatic N) is 1. The molecule has 0 bridgehead atoms. The molecule has 0 aromatic rings. The zero-order valence-electron chi connectivity index (χ0n) is 23.0. The van der Waals surface area contributed by atoms with Crippen LogP contribution in [0.25, 0.3) is 0 Å². The number of likely N-dealkylation sites (N-methyl/N-ethyl adjacent to an activating group) is 1. The number of carbonyl (C=O) groups excluding carboxylic acids is 1. The molecule has 0 saturated heterocycles. The van der Waals surface area contributed by atoms with Gasteiger partial charge in [0, 0.05) is 6.42 Å². The first kappa shape index (κ1) is 35.5. The van der Waals surface area contributed by atoms with E-state index in [1.165, 1.54) is 89.9 Å². The largest absolute Gasteiger partial charge is 0.726 e. The third kappa shape index (κ3) is 27.5. The highest BCUT2D eigenvalue weighted by atomic mass is 32.3. The highest BCUT2D eigenvalue weighted by Crippen LogP contribution is 2.13. The van der Waals surface area contributed by atoms with Crippen LogP contribution in [0.1, 0.15) is 124 Å². The molecule has 0 aliphatic heterocycles. The Bertz CT molecular complexity index is 551. The molecule has 0 atom stereocenters. The minimum absolute atomic E-state index is 0.244. The van der Waals surface area contributed by atoms with Crippen LogP contribution in [-0.4, -0.2) is 63.7 Å². The van der Waals surface area contributed by atoms with Crippen LogP contribution in [0.4, 0.5) is 0 Å². The first-order valence-electron chi connectivity index (χ1n) is 13.8. The lowest BCUT2D eigenvalue weighted by molar-refractivity contribution is -0.904. The highest BCUT2D eigenvalue weighted by molar-refractivity contribution is 7.80. The van der Waals surface area contributed by atoms with Crippen LogP contribution >= 0.6 is 0 Å². The summed E-state index contributed by atoms with van der Waals surface area (Å²) in [7, 11) is -1.34. The first-order chi connectivity index (χ1) is 16.1. The van der Waals surface area contributed by atoms with Crippen molar-refractivity contribution in [2.45, 2.75) is 124 Å². The second-order valence-corrected chi connectivity index (χ2v) is 10.8. The second-order valence-electron chi connectivity index (χ2n) is 9.60. The lowest BCUT2D eigenvalue weighted by Gasteiger charge is -2.32. The topological polar surface area (TPSA) is 95.5 Å². The summed E-state index contributed by atoms with van der Waals surface area (Å²) in [5.74, 6) is 0.244. The van der Waals surface area contributed by atoms with Gasteiger partial charge in [-0.3, -0.25) is 8.98 Å². The van der Waals surface area contributed by atoms with Crippen molar-refractivity contribution in [2.75, 3.05) is 40.3 Å². The molecule has 206 valence electrons. The van der Waals surface area contributed by atoms with Crippen molar-refractivity contribution in [3.05, 3.63) is 0 Å². The van der Waals surface area contributed by atoms with E-state index in [9.17, 15) is 17.8 Å². The van der Waals surface area contributed by atoms with Gasteiger partial charge in [0.05, 0.1) is 40.3 Å². The van der Waals surface area contributed by atoms with Gasteiger partial charge >= 0.3 is 0 Å². The van der Waals surface area contributed by atoms with E-state index in [2.05, 4.69) is 37.3 Å². The SMILES string of the molecule is CCCCCCCCCCCCCCCCCC(=O)NCC[N+](C)(CC)CC.COS(=O)(=O)[O-]. The normalized spacial score (nSPS) is 11.7. The van der Waals surface area contributed by atoms with Gasteiger partial charge in [-0.25, -0.2) is 8.42 Å². The molecular formula is C26H56N2O5S. The van der Waals surface area contributed by atoms with Gasteiger partial charge in [-0.15, -0.1) is 0 Å². The van der Waals surface area contributed by atoms with Crippen LogP contribution in [0.2, 0.25) is 0 Å². The molecule has 8 heteroatoms. The average Bonchev–Trinajstić information content (AvgIpc) is 2.81. The maximum atomic E-state index is 11.9. The zero-order chi connectivity index (χ0) is 26.1. The van der Waals surface area contributed by atoms with Gasteiger partial charge in [-0.2, -0.15) is 0 Å². The van der Waals surface area contributed by atoms with Crippen molar-refractivity contribution in [2.24, 2.45) is 0 Å². The Hall–Kier alpha value is -0.700. The predicted octanol–water partition coefficient (Wildman–Crippen LogP) is 5.94. The summed E-state index contributed by atoms with van der Waals surface area (Å²) in [5, 5.41) is 3.10. The van der Waals surface area contributed by atoms with Crippen LogP contribution in [0.3, 0.4) is 0 Å². The number of unbranched alkanes of at least 4 members (excludes halogenated alkanes) is 14. The van der Waals surface area contributed by atoms with Gasteiger partial charge in [0.25, 0.3) is 0 Å². The molecular weight excluding hydrogens is 452 g/mol. The summed E-state index contributed by atoms with van der Waals surface area (Å²) in [6, 6.07) is 0. The fraction of sp³-hybridized carbons (Fsp3) is 0.962. The Balaban J connectivity index is 0. The number of amides is 1. The molecule has 7 nitrogen and oxygen atoms in total. The maximum Gasteiger partial charge on any atom is 0.220 e. The number of hydrogen-bond acceptors (Lipinski definition) is 5. The summed E-state index contributed by atoms with van der Waals surface area (Å²) in [4.78, 5) is 11.9. The summed E-state index contributed by atoms with van der Waals surface area (Å²) < 4.78 is 32.1. The van der Waals surface area contributed by atoms with Crippen LogP contribution in [0.5, 0.6) is 0 Å². The third-order valence-corrected chi connectivity index (χ3v) is 7.12. The summed E-state index contributed by atoms with van der Waals surface area (Å²) in [5.41, 5.74) is 0. The molecule has 0 aliphatic rings. The van der Waals surface area contributed by atoms with Crippen molar-refractivity contribution in [3.8, 4) is 0 Å². The van der Waals surface area contributed by atoms with E-state index in [-0.39, 0.29) is 5.91 Å². The molecule has 0 rings (SSSR count). The molecule has 34 heavy (non-hydrogen) atoms. The Kier molecular flexibility index (Phi) is 25.0. The van der Waals surface area contributed by atoms with Crippen LogP contribution in [0.15, 0.2) is 0 Å². The van der Waals surface area contributed by atoms with Crippen molar-refractivity contribution in [1.29, 1.82) is 0 Å². The van der Waals surface area contributed by atoms with E-state index in [0.717, 1.165) is 44.2 Å². The number of quaternary nitrogens is 1. The highest BCUT2D eigenvalue weighted by Gasteiger charge is 2.15. The predicted molar refractivity (Wildman–Crippen MR) is 141 cm³/mol. The molecule has 1 amide bonds. The van der Waals surface area contributed by atoms with Crippen molar-refractivity contribution in [1.82, 2.24) is 5.32 Å². The molecule has 0 fully saturated rings. The Labute approximate surface area is 212 Å². The summed E-state index contributed by atoms with van der Waals surface area (Å²) in [6.07, 6.45) is 21.2. The Morgan fingerprint density at radius 2 is 1.12 bits per heavy atom. The Morgan fingerprint density at radius 1 is 0.765 bits per heavy atom. The quantitative estimate of drug-likeness (QED) is 0.0844. The molecule has 0 spiro atoms. The lowest BCUT2D eigenvalue weighted by atomic mass is 10.0. The minimum atomic E-state index is -4.41. The molecule has 0 heterocycles. The molecule has 0 aromatic heterocycles. The van der Waals surface area contributed by atoms with E-state index in [0.29, 0.717) is 6.42 Å². The van der Waals surface area contributed by atoms with Crippen molar-refractivity contribution in [3.63, 3.8) is 0 Å². The van der Waals surface area contributed by atoms with Crippen molar-refractivity contribution >= 4 is 16.3 Å². The molecule has 0 aliphatic carbocycles. The molecule has 1 N–H and O–H groups in total. The fourth-order valence-corrected chi connectivity index (χ4v) is 3.75. The third-order valence-electron chi connectivity index (χ3n) is 6.71. The van der Waals surface area contributed by atoms with Gasteiger partial charge in [-0.05, 0) is 20.3 Å². The van der Waals surface area contributed by atoms with Gasteiger partial charge in [0.2, 0.25) is 16.3 Å². The van der Waals surface area contributed by atoms with Gasteiger partial charge < -0.3 is 14.4 Å². The minimum Gasteiger partial charge on any atom is -0.726 e. The van der Waals surface area contributed by atoms with E-state index < -0.39 is 10.4 Å². The first-order valence-corrected chi connectivity index (χ1v) is 15.1. The second kappa shape index (κ2) is 24.0. The smallest absolute Gasteiger partial charge is 0.220 e. The standard InChI is InChI=1S/C25H52N2O.CH4O4S/c1-5-8-9-10-11-12-13-14-15-16-17-18-19-20-21-22-25(28)26-23-24-27(4,6-2)7-3;1-5-6(2,3)4/h5-24H2,1-4H3;1H3,(H,2,3,4). The zero-order valence-corrected chi connectivity index (χ0v) is 23.9. The molecule has 0 aromatic carbocycles. The average molecular weight is 509 g/mol. The van der Waals surface area contributed by atoms with E-state index in [1.54, 1.807) is 0 Å². The molecule has 0 saturated carbocycles. The summed E-state index contributed by atoms with van der Waals surface area (Å²) >= 11 is 0. The molecule has 0 unspecified atom stereocenters. The van der Waals surface area contributed by atoms with E-state index in [1.807, 2.05) is 0 Å². The fourth-order valence-electron chi connectivity index (χ4n) is 3.75. The van der Waals surface area contributed by atoms with Crippen LogP contribution in [0, 0.1) is 0 Å². The lowest BCUT2D eigenvalue weighted by Crippen LogP contribution is -2.48. The number of nitrogens with one attached hydrogen (secondary N) is 1. The number of carbonyl (C=O) groups is 1. The van der Waals surface area contributed by atoms with Crippen molar-refractivity contribution < 1.29 is 26.4 Å². The number of rotatable bonds is 22. The monoisotopic (exact) mass is 508 g/mol. The Morgan fingerprint density at radius 3 is 1.44 bits per heavy atom. The number of hydrogen-bond donors (Lipinski definition) is 1. The summed E-state index contributed by atoms with van der Waals surface area (Å²) in [6.45, 7) is 10.8. The maximum absolute atomic E-state index is 11.9. The van der Waals surface area contributed by atoms with Gasteiger partial charge in [0.1, 0.15) is 0 Å². The van der Waals surface area contributed by atoms with Gasteiger partial charge in [0.15, 0.2) is 0 Å². The van der Waals surface area contributed by atoms with E-state index in [4.69, 9.17) is 0 Å². The molecule has 0 radical (unpaired) electrons. The van der Waals surface area contributed by atoms with E-state index >= 15 is 0 Å². The van der Waals surface area contributed by atoms with Gasteiger partial charge in [-0.1, -0.05) is 96.8 Å². The van der Waals surface area contributed by atoms with Crippen LogP contribution in [-0.2, 0) is 19.4 Å². The van der Waals surface area contributed by atoms with Crippen LogP contribution < -0.4 is 5.32 Å².